The van der Waals surface area contributed by atoms with Crippen molar-refractivity contribution in [2.75, 3.05) is 11.9 Å². The van der Waals surface area contributed by atoms with Crippen molar-refractivity contribution in [3.8, 4) is 11.3 Å². The van der Waals surface area contributed by atoms with Crippen molar-refractivity contribution in [3.05, 3.63) is 72.3 Å². The van der Waals surface area contributed by atoms with Crippen LogP contribution in [0.25, 0.3) is 11.3 Å². The normalized spacial score (nSPS) is 10.5. The summed E-state index contributed by atoms with van der Waals surface area (Å²) in [6.07, 6.45) is 1.74. The number of amides is 1. The molecule has 0 bridgehead atoms. The van der Waals surface area contributed by atoms with Crippen molar-refractivity contribution >= 4 is 17.6 Å². The van der Waals surface area contributed by atoms with Gasteiger partial charge in [0, 0.05) is 18.1 Å². The zero-order chi connectivity index (χ0) is 19.9. The van der Waals surface area contributed by atoms with E-state index in [4.69, 9.17) is 9.15 Å². The zero-order valence-corrected chi connectivity index (χ0v) is 14.7. The van der Waals surface area contributed by atoms with E-state index in [1.54, 1.807) is 6.20 Å². The van der Waals surface area contributed by atoms with E-state index in [0.717, 1.165) is 17.7 Å². The lowest BCUT2D eigenvalue weighted by molar-refractivity contribution is -0.147. The van der Waals surface area contributed by atoms with Crippen LogP contribution in [0.2, 0.25) is 0 Å². The van der Waals surface area contributed by atoms with Gasteiger partial charge in [0.15, 0.2) is 18.3 Å². The Bertz CT molecular complexity index is 973. The van der Waals surface area contributed by atoms with Gasteiger partial charge >= 0.3 is 5.97 Å². The Morgan fingerprint density at radius 3 is 2.64 bits per heavy atom. The van der Waals surface area contributed by atoms with E-state index in [1.165, 1.54) is 0 Å². The third-order valence-corrected chi connectivity index (χ3v) is 3.72. The highest BCUT2D eigenvalue weighted by Gasteiger charge is 2.13. The molecule has 0 aliphatic heterocycles. The maximum Gasteiger partial charge on any atom is 0.306 e. The smallest absolute Gasteiger partial charge is 0.306 e. The van der Waals surface area contributed by atoms with Crippen molar-refractivity contribution in [2.45, 2.75) is 12.8 Å². The molecule has 3 rings (SSSR count). The highest BCUT2D eigenvalue weighted by atomic mass is 19.1. The van der Waals surface area contributed by atoms with Crippen LogP contribution in [-0.2, 0) is 20.7 Å². The largest absolute Gasteiger partial charge is 0.456 e. The molecule has 0 atom stereocenters. The molecule has 144 valence electrons. The van der Waals surface area contributed by atoms with E-state index >= 15 is 0 Å². The van der Waals surface area contributed by atoms with Crippen LogP contribution in [0, 0.1) is 11.6 Å². The van der Waals surface area contributed by atoms with Gasteiger partial charge in [-0.1, -0.05) is 30.3 Å². The van der Waals surface area contributed by atoms with Crippen LogP contribution < -0.4 is 5.32 Å². The molecule has 1 aromatic heterocycles. The van der Waals surface area contributed by atoms with Crippen molar-refractivity contribution in [1.82, 2.24) is 4.98 Å². The topological polar surface area (TPSA) is 81.4 Å². The first-order valence-corrected chi connectivity index (χ1v) is 8.42. The van der Waals surface area contributed by atoms with E-state index in [2.05, 4.69) is 10.3 Å². The molecule has 0 saturated carbocycles. The summed E-state index contributed by atoms with van der Waals surface area (Å²) in [5, 5.41) is 2.20. The molecule has 1 heterocycles. The van der Waals surface area contributed by atoms with Gasteiger partial charge in [0.25, 0.3) is 5.91 Å². The maximum absolute atomic E-state index is 13.5. The number of hydrogen-bond donors (Lipinski definition) is 1. The summed E-state index contributed by atoms with van der Waals surface area (Å²) < 4.78 is 36.7. The van der Waals surface area contributed by atoms with Gasteiger partial charge in [-0.25, -0.2) is 13.8 Å². The number of carbonyl (C=O) groups is 2. The number of aromatic nitrogens is 1. The van der Waals surface area contributed by atoms with Crippen molar-refractivity contribution in [2.24, 2.45) is 0 Å². The Balaban J connectivity index is 1.43. The lowest BCUT2D eigenvalue weighted by Crippen LogP contribution is -2.21. The Morgan fingerprint density at radius 2 is 1.89 bits per heavy atom. The maximum atomic E-state index is 13.5. The Morgan fingerprint density at radius 1 is 1.11 bits per heavy atom. The standard InChI is InChI=1S/C20H16F2N2O4/c21-14-6-7-16(15(22)10-14)24-18(25)12-27-20(26)9-8-19-23-11-17(28-19)13-4-2-1-3-5-13/h1-7,10-11H,8-9,12H2,(H,24,25). The Labute approximate surface area is 159 Å². The van der Waals surface area contributed by atoms with Gasteiger partial charge in [0.2, 0.25) is 0 Å². The molecule has 0 radical (unpaired) electrons. The summed E-state index contributed by atoms with van der Waals surface area (Å²) >= 11 is 0. The number of hydrogen-bond acceptors (Lipinski definition) is 5. The van der Waals surface area contributed by atoms with Gasteiger partial charge in [-0.2, -0.15) is 0 Å². The van der Waals surface area contributed by atoms with E-state index in [0.29, 0.717) is 17.7 Å². The number of nitrogens with zero attached hydrogens (tertiary/aromatic N) is 1. The van der Waals surface area contributed by atoms with Crippen LogP contribution in [0.3, 0.4) is 0 Å². The molecule has 0 aliphatic carbocycles. The molecule has 0 saturated heterocycles. The van der Waals surface area contributed by atoms with Gasteiger partial charge in [0.1, 0.15) is 11.6 Å². The number of halogens is 2. The number of esters is 1. The number of ether oxygens (including phenoxy) is 1. The molecule has 1 N–H and O–H groups in total. The van der Waals surface area contributed by atoms with E-state index in [9.17, 15) is 18.4 Å². The number of nitrogens with one attached hydrogen (secondary N) is 1. The fraction of sp³-hybridized carbons (Fsp3) is 0.150. The molecular formula is C20H16F2N2O4. The van der Waals surface area contributed by atoms with Crippen LogP contribution in [0.15, 0.2) is 59.1 Å². The number of rotatable bonds is 7. The van der Waals surface area contributed by atoms with Crippen LogP contribution >= 0.6 is 0 Å². The van der Waals surface area contributed by atoms with Gasteiger partial charge in [-0.15, -0.1) is 0 Å². The number of benzene rings is 2. The second kappa shape index (κ2) is 8.90. The second-order valence-electron chi connectivity index (χ2n) is 5.82. The minimum Gasteiger partial charge on any atom is -0.456 e. The first-order chi connectivity index (χ1) is 13.5. The summed E-state index contributed by atoms with van der Waals surface area (Å²) in [5.41, 5.74) is 0.671. The zero-order valence-electron chi connectivity index (χ0n) is 14.7. The third-order valence-electron chi connectivity index (χ3n) is 3.72. The molecule has 0 spiro atoms. The summed E-state index contributed by atoms with van der Waals surface area (Å²) in [4.78, 5) is 27.6. The molecule has 28 heavy (non-hydrogen) atoms. The number of carbonyl (C=O) groups excluding carboxylic acids is 2. The highest BCUT2D eigenvalue weighted by Crippen LogP contribution is 2.20. The molecule has 3 aromatic rings. The molecule has 8 heteroatoms. The van der Waals surface area contributed by atoms with Crippen molar-refractivity contribution in [1.29, 1.82) is 0 Å². The van der Waals surface area contributed by atoms with Crippen LogP contribution in [0.1, 0.15) is 12.3 Å². The monoisotopic (exact) mass is 386 g/mol. The summed E-state index contributed by atoms with van der Waals surface area (Å²) in [6.45, 7) is -0.587. The average Bonchev–Trinajstić information content (AvgIpc) is 3.17. The van der Waals surface area contributed by atoms with E-state index in [1.807, 2.05) is 30.3 Å². The fourth-order valence-electron chi connectivity index (χ4n) is 2.37. The molecule has 6 nitrogen and oxygen atoms in total. The third kappa shape index (κ3) is 5.23. The van der Waals surface area contributed by atoms with Crippen LogP contribution in [-0.4, -0.2) is 23.5 Å². The first kappa shape index (κ1) is 19.2. The molecule has 1 amide bonds. The van der Waals surface area contributed by atoms with Crippen LogP contribution in [0.5, 0.6) is 0 Å². The minimum atomic E-state index is -0.919. The Hall–Kier alpha value is -3.55. The SMILES string of the molecule is O=C(COC(=O)CCc1ncc(-c2ccccc2)o1)Nc1ccc(F)cc1F. The summed E-state index contributed by atoms with van der Waals surface area (Å²) in [6, 6.07) is 12.1. The quantitative estimate of drug-likeness (QED) is 0.626. The van der Waals surface area contributed by atoms with Gasteiger partial charge in [0.05, 0.1) is 18.3 Å². The highest BCUT2D eigenvalue weighted by molar-refractivity contribution is 5.92. The summed E-state index contributed by atoms with van der Waals surface area (Å²) in [7, 11) is 0. The van der Waals surface area contributed by atoms with E-state index < -0.39 is 30.1 Å². The number of anilines is 1. The minimum absolute atomic E-state index is 0.0348. The summed E-state index contributed by atoms with van der Waals surface area (Å²) in [5.74, 6) is -2.09. The van der Waals surface area contributed by atoms with Gasteiger partial charge in [-0.05, 0) is 12.1 Å². The second-order valence-corrected chi connectivity index (χ2v) is 5.82. The van der Waals surface area contributed by atoms with Crippen molar-refractivity contribution < 1.29 is 27.5 Å². The number of oxazole rings is 1. The molecular weight excluding hydrogens is 370 g/mol. The molecule has 2 aromatic carbocycles. The predicted octanol–water partition coefficient (Wildman–Crippen LogP) is 3.73. The van der Waals surface area contributed by atoms with E-state index in [-0.39, 0.29) is 18.5 Å². The Kier molecular flexibility index (Phi) is 6.11. The number of aryl methyl sites for hydroxylation is 1. The van der Waals surface area contributed by atoms with Gasteiger partial charge < -0.3 is 14.5 Å². The lowest BCUT2D eigenvalue weighted by atomic mass is 10.2. The molecule has 0 unspecified atom stereocenters. The first-order valence-electron chi connectivity index (χ1n) is 8.42. The molecule has 0 aliphatic rings. The van der Waals surface area contributed by atoms with Crippen LogP contribution in [0.4, 0.5) is 14.5 Å². The lowest BCUT2D eigenvalue weighted by Gasteiger charge is -2.07. The predicted molar refractivity (Wildman–Crippen MR) is 96.2 cm³/mol. The van der Waals surface area contributed by atoms with Crippen molar-refractivity contribution in [3.63, 3.8) is 0 Å². The van der Waals surface area contributed by atoms with Gasteiger partial charge in [-0.3, -0.25) is 9.59 Å². The average molecular weight is 386 g/mol. The fourth-order valence-corrected chi connectivity index (χ4v) is 2.37. The molecule has 0 fully saturated rings.